The third-order valence-electron chi connectivity index (χ3n) is 8.53. The number of aromatic amines is 1. The van der Waals surface area contributed by atoms with Crippen molar-refractivity contribution >= 4 is 5.78 Å². The number of hydrogen-bond acceptors (Lipinski definition) is 6. The Hall–Kier alpha value is -4.31. The molecule has 0 bridgehead atoms. The van der Waals surface area contributed by atoms with E-state index >= 15 is 0 Å². The summed E-state index contributed by atoms with van der Waals surface area (Å²) in [6.45, 7) is 3.91. The first-order valence-corrected chi connectivity index (χ1v) is 13.0. The van der Waals surface area contributed by atoms with Crippen molar-refractivity contribution in [3.63, 3.8) is 0 Å². The standard InChI is InChI=1S/C31H29N5O2/c1-18-26-13-12-25-28(21-6-4-20(5-7-21)27-14-15-33-36-27)34-19(2)35-30(25)31(26,16-22(17-32)29(18)37)23-8-10-24(38-3)11-9-23/h4-11,14-15,18,22,26H,12-13,16H2,1-3H3,(H,33,36)/t18-,22?,26-,31+/m0/s1. The number of ketones is 1. The molecule has 38 heavy (non-hydrogen) atoms. The van der Waals surface area contributed by atoms with Crippen molar-refractivity contribution in [1.82, 2.24) is 20.2 Å². The number of nitrogens with zero attached hydrogens (tertiary/aromatic N) is 4. The summed E-state index contributed by atoms with van der Waals surface area (Å²) in [5.41, 5.74) is 6.53. The molecule has 7 heteroatoms. The fraction of sp³-hybridized carbons (Fsp3) is 0.323. The highest BCUT2D eigenvalue weighted by atomic mass is 16.5. The first kappa shape index (κ1) is 24.1. The second-order valence-electron chi connectivity index (χ2n) is 10.4. The number of Topliss-reactive ketones (excluding diaryl/α,β-unsaturated/α-hetero) is 1. The Kier molecular flexibility index (Phi) is 5.83. The SMILES string of the molecule is COc1ccc([C@]23CC(C#N)C(=O)[C@@H](C)[C@@H]2CCc2c(-c4ccc(-c5ccn[nH]5)cc4)nc(C)nc23)cc1. The number of rotatable bonds is 4. The van der Waals surface area contributed by atoms with Gasteiger partial charge < -0.3 is 4.74 Å². The van der Waals surface area contributed by atoms with E-state index in [0.29, 0.717) is 12.2 Å². The molecular formula is C31H29N5O2. The number of fused-ring (bicyclic) bond motifs is 3. The minimum atomic E-state index is -0.679. The number of nitrogens with one attached hydrogen (secondary N) is 1. The van der Waals surface area contributed by atoms with E-state index in [4.69, 9.17) is 14.7 Å². The highest BCUT2D eigenvalue weighted by Gasteiger charge is 2.56. The highest BCUT2D eigenvalue weighted by molar-refractivity contribution is 5.88. The molecule has 2 aromatic heterocycles. The minimum Gasteiger partial charge on any atom is -0.497 e. The van der Waals surface area contributed by atoms with Gasteiger partial charge in [-0.2, -0.15) is 10.4 Å². The molecule has 4 aromatic rings. The number of carbonyl (C=O) groups excluding carboxylic acids is 1. The van der Waals surface area contributed by atoms with E-state index in [1.807, 2.05) is 32.0 Å². The number of aryl methyl sites for hydroxylation is 1. The van der Waals surface area contributed by atoms with E-state index in [-0.39, 0.29) is 17.6 Å². The third kappa shape index (κ3) is 3.63. The summed E-state index contributed by atoms with van der Waals surface area (Å²) in [7, 11) is 1.65. The van der Waals surface area contributed by atoms with Crippen molar-refractivity contribution in [2.75, 3.05) is 7.11 Å². The molecule has 4 atom stereocenters. The Labute approximate surface area is 221 Å². The summed E-state index contributed by atoms with van der Waals surface area (Å²) >= 11 is 0. The molecule has 1 unspecified atom stereocenters. The van der Waals surface area contributed by atoms with Gasteiger partial charge in [0.1, 0.15) is 17.5 Å². The van der Waals surface area contributed by atoms with E-state index in [0.717, 1.165) is 57.9 Å². The van der Waals surface area contributed by atoms with E-state index in [1.165, 1.54) is 0 Å². The molecule has 0 saturated heterocycles. The molecule has 2 heterocycles. The van der Waals surface area contributed by atoms with E-state index < -0.39 is 11.3 Å². The van der Waals surface area contributed by atoms with Crippen LogP contribution in [0.5, 0.6) is 5.75 Å². The molecule has 0 radical (unpaired) electrons. The van der Waals surface area contributed by atoms with E-state index in [2.05, 4.69) is 52.7 Å². The van der Waals surface area contributed by atoms with Crippen molar-refractivity contribution in [2.45, 2.75) is 38.5 Å². The maximum atomic E-state index is 13.2. The molecule has 1 fully saturated rings. The molecule has 0 spiro atoms. The summed E-state index contributed by atoms with van der Waals surface area (Å²) < 4.78 is 5.43. The molecule has 0 aliphatic heterocycles. The lowest BCUT2D eigenvalue weighted by atomic mass is 9.50. The van der Waals surface area contributed by atoms with Gasteiger partial charge >= 0.3 is 0 Å². The fourth-order valence-electron chi connectivity index (χ4n) is 6.72. The maximum absolute atomic E-state index is 13.2. The number of methoxy groups -OCH3 is 1. The minimum absolute atomic E-state index is 0.0467. The molecule has 1 N–H and O–H groups in total. The van der Waals surface area contributed by atoms with Gasteiger partial charge in [0.15, 0.2) is 5.78 Å². The van der Waals surface area contributed by atoms with Gasteiger partial charge in [0.05, 0.1) is 30.3 Å². The number of nitriles is 1. The number of H-pyrrole nitrogens is 1. The fourth-order valence-corrected chi connectivity index (χ4v) is 6.72. The van der Waals surface area contributed by atoms with Crippen LogP contribution in [-0.4, -0.2) is 33.1 Å². The average molecular weight is 504 g/mol. The summed E-state index contributed by atoms with van der Waals surface area (Å²) in [4.78, 5) is 23.2. The predicted octanol–water partition coefficient (Wildman–Crippen LogP) is 5.45. The number of benzene rings is 2. The summed E-state index contributed by atoms with van der Waals surface area (Å²) in [6.07, 6.45) is 3.78. The first-order chi connectivity index (χ1) is 18.5. The van der Waals surface area contributed by atoms with Crippen LogP contribution in [0.4, 0.5) is 0 Å². The van der Waals surface area contributed by atoms with Gasteiger partial charge in [0, 0.05) is 28.7 Å². The van der Waals surface area contributed by atoms with Crippen LogP contribution in [0.2, 0.25) is 0 Å². The Balaban J connectivity index is 1.56. The quantitative estimate of drug-likeness (QED) is 0.397. The number of ether oxygens (including phenoxy) is 1. The van der Waals surface area contributed by atoms with Crippen LogP contribution in [-0.2, 0) is 16.6 Å². The van der Waals surface area contributed by atoms with Crippen molar-refractivity contribution < 1.29 is 9.53 Å². The highest BCUT2D eigenvalue weighted by Crippen LogP contribution is 2.56. The largest absolute Gasteiger partial charge is 0.497 e. The summed E-state index contributed by atoms with van der Waals surface area (Å²) in [5.74, 6) is 0.628. The molecule has 2 aromatic carbocycles. The van der Waals surface area contributed by atoms with Crippen LogP contribution in [0.25, 0.3) is 22.5 Å². The average Bonchev–Trinajstić information content (AvgIpc) is 3.50. The number of hydrogen-bond donors (Lipinski definition) is 1. The Morgan fingerprint density at radius 2 is 1.79 bits per heavy atom. The zero-order valence-electron chi connectivity index (χ0n) is 21.7. The zero-order valence-corrected chi connectivity index (χ0v) is 21.7. The molecule has 2 aliphatic rings. The van der Waals surface area contributed by atoms with Gasteiger partial charge in [-0.15, -0.1) is 0 Å². The second kappa shape index (κ2) is 9.21. The summed E-state index contributed by atoms with van der Waals surface area (Å²) in [6, 6.07) is 20.7. The Morgan fingerprint density at radius 3 is 2.45 bits per heavy atom. The maximum Gasteiger partial charge on any atom is 0.153 e. The number of aromatic nitrogens is 4. The Morgan fingerprint density at radius 1 is 1.05 bits per heavy atom. The first-order valence-electron chi connectivity index (χ1n) is 13.0. The van der Waals surface area contributed by atoms with Crippen molar-refractivity contribution in [3.05, 3.63) is 83.4 Å². The van der Waals surface area contributed by atoms with Crippen molar-refractivity contribution in [1.29, 1.82) is 5.26 Å². The third-order valence-corrected chi connectivity index (χ3v) is 8.53. The van der Waals surface area contributed by atoms with Crippen LogP contribution < -0.4 is 4.74 Å². The lowest BCUT2D eigenvalue weighted by Crippen LogP contribution is -2.53. The van der Waals surface area contributed by atoms with Crippen LogP contribution >= 0.6 is 0 Å². The lowest BCUT2D eigenvalue weighted by molar-refractivity contribution is -0.131. The van der Waals surface area contributed by atoms with Crippen LogP contribution in [0.3, 0.4) is 0 Å². The molecule has 6 rings (SSSR count). The molecule has 1 saturated carbocycles. The summed E-state index contributed by atoms with van der Waals surface area (Å²) in [5, 5.41) is 17.1. The molecule has 2 aliphatic carbocycles. The monoisotopic (exact) mass is 503 g/mol. The van der Waals surface area contributed by atoms with E-state index in [9.17, 15) is 10.1 Å². The van der Waals surface area contributed by atoms with Crippen molar-refractivity contribution in [2.24, 2.45) is 17.8 Å². The van der Waals surface area contributed by atoms with Gasteiger partial charge in [-0.25, -0.2) is 9.97 Å². The van der Waals surface area contributed by atoms with Crippen LogP contribution in [0.1, 0.15) is 42.4 Å². The topological polar surface area (TPSA) is 105 Å². The van der Waals surface area contributed by atoms with Gasteiger partial charge in [0.2, 0.25) is 0 Å². The zero-order chi connectivity index (χ0) is 26.4. The predicted molar refractivity (Wildman–Crippen MR) is 143 cm³/mol. The van der Waals surface area contributed by atoms with Crippen molar-refractivity contribution in [3.8, 4) is 34.3 Å². The van der Waals surface area contributed by atoms with Gasteiger partial charge in [-0.1, -0.05) is 43.3 Å². The second-order valence-corrected chi connectivity index (χ2v) is 10.4. The smallest absolute Gasteiger partial charge is 0.153 e. The van der Waals surface area contributed by atoms with Crippen LogP contribution in [0, 0.1) is 36.0 Å². The van der Waals surface area contributed by atoms with Gasteiger partial charge in [-0.3, -0.25) is 9.89 Å². The molecule has 190 valence electrons. The molecule has 7 nitrogen and oxygen atoms in total. The molecular weight excluding hydrogens is 474 g/mol. The lowest BCUT2D eigenvalue weighted by Gasteiger charge is -2.51. The van der Waals surface area contributed by atoms with E-state index in [1.54, 1.807) is 13.3 Å². The normalized spacial score (nSPS) is 24.3. The van der Waals surface area contributed by atoms with Gasteiger partial charge in [0.25, 0.3) is 0 Å². The number of carbonyl (C=O) groups is 1. The molecule has 0 amide bonds. The van der Waals surface area contributed by atoms with Crippen LogP contribution in [0.15, 0.2) is 60.8 Å². The Bertz CT molecular complexity index is 1540. The van der Waals surface area contributed by atoms with Gasteiger partial charge in [-0.05, 0) is 61.4 Å².